The molecule has 1 aromatic carbocycles. The summed E-state index contributed by atoms with van der Waals surface area (Å²) < 4.78 is 41.4. The molecule has 0 spiro atoms. The third kappa shape index (κ3) is 7.17. The van der Waals surface area contributed by atoms with Crippen LogP contribution >= 0.6 is 0 Å². The Morgan fingerprint density at radius 3 is 2.59 bits per heavy atom. The zero-order valence-corrected chi connectivity index (χ0v) is 23.6. The van der Waals surface area contributed by atoms with E-state index in [0.29, 0.717) is 55.6 Å². The molecule has 0 unspecified atom stereocenters. The molecule has 2 fully saturated rings. The van der Waals surface area contributed by atoms with Crippen LogP contribution in [0.25, 0.3) is 16.9 Å². The van der Waals surface area contributed by atoms with Gasteiger partial charge in [0.15, 0.2) is 5.82 Å². The van der Waals surface area contributed by atoms with E-state index in [1.807, 2.05) is 18.7 Å². The Kier molecular flexibility index (Phi) is 9.10. The second kappa shape index (κ2) is 12.7. The van der Waals surface area contributed by atoms with Crippen molar-refractivity contribution in [1.82, 2.24) is 24.8 Å². The van der Waals surface area contributed by atoms with Crippen LogP contribution in [0.1, 0.15) is 58.2 Å². The number of anilines is 1. The van der Waals surface area contributed by atoms with Gasteiger partial charge in [0.1, 0.15) is 17.7 Å². The van der Waals surface area contributed by atoms with Gasteiger partial charge >= 0.3 is 0 Å². The van der Waals surface area contributed by atoms with Gasteiger partial charge in [-0.25, -0.2) is 13.8 Å². The summed E-state index contributed by atoms with van der Waals surface area (Å²) in [4.78, 5) is 28.0. The summed E-state index contributed by atoms with van der Waals surface area (Å²) in [6, 6.07) is 8.59. The number of benzene rings is 1. The zero-order chi connectivity index (χ0) is 29.0. The molecule has 1 aliphatic heterocycles. The zero-order valence-electron chi connectivity index (χ0n) is 23.6. The van der Waals surface area contributed by atoms with Gasteiger partial charge in [-0.3, -0.25) is 9.36 Å². The number of imidazole rings is 1. The summed E-state index contributed by atoms with van der Waals surface area (Å²) in [7, 11) is 0. The van der Waals surface area contributed by atoms with Gasteiger partial charge < -0.3 is 24.8 Å². The smallest absolute Gasteiger partial charge is 0.296 e. The average molecular weight is 573 g/mol. The first-order valence-corrected chi connectivity index (χ1v) is 14.2. The van der Waals surface area contributed by atoms with Crippen LogP contribution in [-0.4, -0.2) is 81.5 Å². The minimum absolute atomic E-state index is 0.0404. The quantitative estimate of drug-likeness (QED) is 0.354. The number of aliphatic hydroxyl groups is 1. The number of hydrogen-bond donors (Lipinski definition) is 2. The molecule has 41 heavy (non-hydrogen) atoms. The number of carbonyl (C=O) groups excluding carboxylic acids is 1. The summed E-state index contributed by atoms with van der Waals surface area (Å²) in [5.41, 5.74) is 0.499. The van der Waals surface area contributed by atoms with E-state index < -0.39 is 12.0 Å². The lowest BCUT2D eigenvalue weighted by Gasteiger charge is -2.30. The van der Waals surface area contributed by atoms with Gasteiger partial charge in [-0.05, 0) is 57.6 Å². The summed E-state index contributed by atoms with van der Waals surface area (Å²) in [6.07, 6.45) is 0.792. The highest BCUT2D eigenvalue weighted by molar-refractivity contribution is 5.80. The molecular formula is C29H38F2N6O4. The van der Waals surface area contributed by atoms with Crippen LogP contribution in [0.3, 0.4) is 0 Å². The van der Waals surface area contributed by atoms with Crippen LogP contribution in [-0.2, 0) is 9.53 Å². The standard InChI is InChI=1S/C29H38F2N6O4/c1-29(2,18-38)32-17-20(39)15-19-7-9-21(10-8-19)41-25-16-24(34-28(35-25)36-11-13-40-14-12-36)37-23-6-4-3-5-22(23)33-27(37)26(30)31/h3-6,16,19,21,26,32,38H,7-15,17-18H2,1-2H3. The highest BCUT2D eigenvalue weighted by Crippen LogP contribution is 2.32. The van der Waals surface area contributed by atoms with Gasteiger partial charge in [-0.1, -0.05) is 12.1 Å². The van der Waals surface area contributed by atoms with E-state index in [-0.39, 0.29) is 42.6 Å². The fraction of sp³-hybridized carbons (Fsp3) is 0.586. The van der Waals surface area contributed by atoms with Crippen molar-refractivity contribution in [3.63, 3.8) is 0 Å². The van der Waals surface area contributed by atoms with Gasteiger partial charge in [0.25, 0.3) is 6.43 Å². The van der Waals surface area contributed by atoms with Crippen LogP contribution < -0.4 is 15.0 Å². The molecule has 3 heterocycles. The third-order valence-corrected chi connectivity index (χ3v) is 7.74. The first-order valence-electron chi connectivity index (χ1n) is 14.2. The van der Waals surface area contributed by atoms with E-state index in [1.54, 1.807) is 30.3 Å². The van der Waals surface area contributed by atoms with Gasteiger partial charge in [-0.2, -0.15) is 9.97 Å². The molecule has 0 bridgehead atoms. The summed E-state index contributed by atoms with van der Waals surface area (Å²) in [6.45, 7) is 6.12. The number of morpholine rings is 1. The lowest BCUT2D eigenvalue weighted by atomic mass is 9.84. The Hall–Kier alpha value is -3.22. The maximum atomic E-state index is 14.1. The minimum atomic E-state index is -2.79. The Bertz CT molecular complexity index is 1340. The molecule has 10 nitrogen and oxygen atoms in total. The second-order valence-electron chi connectivity index (χ2n) is 11.5. The van der Waals surface area contributed by atoms with Crippen molar-refractivity contribution < 1.29 is 28.2 Å². The topological polar surface area (TPSA) is 115 Å². The largest absolute Gasteiger partial charge is 0.474 e. The highest BCUT2D eigenvalue weighted by atomic mass is 19.3. The Labute approximate surface area is 238 Å². The molecule has 0 atom stereocenters. The molecule has 1 aliphatic carbocycles. The van der Waals surface area contributed by atoms with Crippen LogP contribution in [0.15, 0.2) is 30.3 Å². The molecule has 0 amide bonds. The number of aliphatic hydroxyl groups excluding tert-OH is 1. The summed E-state index contributed by atoms with van der Waals surface area (Å²) in [5, 5.41) is 12.5. The monoisotopic (exact) mass is 572 g/mol. The number of ether oxygens (including phenoxy) is 2. The predicted octanol–water partition coefficient (Wildman–Crippen LogP) is 3.85. The van der Waals surface area contributed by atoms with Crippen molar-refractivity contribution in [1.29, 1.82) is 0 Å². The number of aromatic nitrogens is 4. The summed E-state index contributed by atoms with van der Waals surface area (Å²) >= 11 is 0. The van der Waals surface area contributed by atoms with E-state index in [4.69, 9.17) is 9.47 Å². The molecule has 222 valence electrons. The number of alkyl halides is 2. The van der Waals surface area contributed by atoms with E-state index >= 15 is 0 Å². The van der Waals surface area contributed by atoms with Crippen LogP contribution in [0, 0.1) is 5.92 Å². The molecule has 5 rings (SSSR count). The fourth-order valence-corrected chi connectivity index (χ4v) is 5.32. The number of nitrogens with one attached hydrogen (secondary N) is 1. The number of fused-ring (bicyclic) bond motifs is 1. The lowest BCUT2D eigenvalue weighted by Crippen LogP contribution is -2.45. The van der Waals surface area contributed by atoms with Crippen molar-refractivity contribution in [2.45, 2.75) is 64.0 Å². The summed E-state index contributed by atoms with van der Waals surface area (Å²) in [5.74, 6) is 1.02. The predicted molar refractivity (Wildman–Crippen MR) is 150 cm³/mol. The highest BCUT2D eigenvalue weighted by Gasteiger charge is 2.28. The number of halogens is 2. The van der Waals surface area contributed by atoms with E-state index in [0.717, 1.165) is 25.7 Å². The normalized spacial score (nSPS) is 20.1. The molecule has 1 saturated carbocycles. The maximum absolute atomic E-state index is 14.1. The van der Waals surface area contributed by atoms with Crippen molar-refractivity contribution in [2.24, 2.45) is 5.92 Å². The van der Waals surface area contributed by atoms with Crippen LogP contribution in [0.4, 0.5) is 14.7 Å². The number of Topliss-reactive ketones (excluding diaryl/α,β-unsaturated/α-hetero) is 1. The van der Waals surface area contributed by atoms with E-state index in [2.05, 4.69) is 20.3 Å². The first-order chi connectivity index (χ1) is 19.7. The molecule has 3 aromatic rings. The maximum Gasteiger partial charge on any atom is 0.296 e. The van der Waals surface area contributed by atoms with Crippen molar-refractivity contribution >= 4 is 22.8 Å². The fourth-order valence-electron chi connectivity index (χ4n) is 5.32. The van der Waals surface area contributed by atoms with E-state index in [9.17, 15) is 18.7 Å². The molecule has 12 heteroatoms. The van der Waals surface area contributed by atoms with Crippen molar-refractivity contribution in [3.8, 4) is 11.7 Å². The number of rotatable bonds is 11. The number of ketones is 1. The molecule has 2 aromatic heterocycles. The second-order valence-corrected chi connectivity index (χ2v) is 11.5. The molecule has 1 saturated heterocycles. The van der Waals surface area contributed by atoms with Crippen LogP contribution in [0.2, 0.25) is 0 Å². The van der Waals surface area contributed by atoms with Crippen molar-refractivity contribution in [2.75, 3.05) is 44.4 Å². The van der Waals surface area contributed by atoms with Crippen LogP contribution in [0.5, 0.6) is 5.88 Å². The molecule has 2 aliphatic rings. The SMILES string of the molecule is CC(C)(CO)NCC(=O)CC1CCC(Oc2cc(-n3c(C(F)F)nc4ccccc43)nc(N3CCOCC3)n2)CC1. The van der Waals surface area contributed by atoms with Gasteiger partial charge in [-0.15, -0.1) is 0 Å². The van der Waals surface area contributed by atoms with Crippen molar-refractivity contribution in [3.05, 3.63) is 36.2 Å². The molecular weight excluding hydrogens is 534 g/mol. The van der Waals surface area contributed by atoms with Gasteiger partial charge in [0.05, 0.1) is 37.4 Å². The first kappa shape index (κ1) is 29.3. The Morgan fingerprint density at radius 1 is 1.15 bits per heavy atom. The number of hydrogen-bond acceptors (Lipinski definition) is 9. The number of carbonyl (C=O) groups is 1. The third-order valence-electron chi connectivity index (χ3n) is 7.74. The molecule has 0 radical (unpaired) electrons. The van der Waals surface area contributed by atoms with E-state index in [1.165, 1.54) is 4.57 Å². The van der Waals surface area contributed by atoms with Gasteiger partial charge in [0, 0.05) is 31.1 Å². The Balaban J connectivity index is 1.33. The lowest BCUT2D eigenvalue weighted by molar-refractivity contribution is -0.119. The minimum Gasteiger partial charge on any atom is -0.474 e. The van der Waals surface area contributed by atoms with Gasteiger partial charge in [0.2, 0.25) is 11.8 Å². The average Bonchev–Trinajstić information content (AvgIpc) is 3.38. The molecule has 2 N–H and O–H groups in total. The number of para-hydroxylation sites is 2. The number of nitrogens with zero attached hydrogens (tertiary/aromatic N) is 5. The Morgan fingerprint density at radius 2 is 1.88 bits per heavy atom.